The third kappa shape index (κ3) is 5.08. The molecular formula is C22H29N5O5. The maximum absolute atomic E-state index is 13.5. The van der Waals surface area contributed by atoms with Gasteiger partial charge in [-0.1, -0.05) is 12.1 Å². The van der Waals surface area contributed by atoms with Crippen LogP contribution in [0.15, 0.2) is 30.3 Å². The van der Waals surface area contributed by atoms with Gasteiger partial charge >= 0.3 is 0 Å². The molecule has 0 unspecified atom stereocenters. The largest absolute Gasteiger partial charge is 0.497 e. The van der Waals surface area contributed by atoms with Crippen molar-refractivity contribution in [1.82, 2.24) is 14.9 Å². The lowest BCUT2D eigenvalue weighted by Crippen LogP contribution is -2.65. The van der Waals surface area contributed by atoms with Crippen LogP contribution in [0.5, 0.6) is 5.75 Å². The average Bonchev–Trinajstić information content (AvgIpc) is 3.16. The molecule has 2 fully saturated rings. The number of hydrogen-bond donors (Lipinski definition) is 3. The minimum Gasteiger partial charge on any atom is -0.497 e. The zero-order valence-electron chi connectivity index (χ0n) is 18.3. The van der Waals surface area contributed by atoms with Crippen LogP contribution in [0, 0.1) is 12.3 Å². The number of aliphatic hydroxyl groups is 1. The molecular weight excluding hydrogens is 414 g/mol. The van der Waals surface area contributed by atoms with E-state index in [1.165, 1.54) is 0 Å². The van der Waals surface area contributed by atoms with Crippen LogP contribution < -0.4 is 15.4 Å². The van der Waals surface area contributed by atoms with E-state index in [1.807, 2.05) is 37.3 Å². The van der Waals surface area contributed by atoms with Crippen LogP contribution in [-0.2, 0) is 16.0 Å². The highest BCUT2D eigenvalue weighted by Gasteiger charge is 2.52. The summed E-state index contributed by atoms with van der Waals surface area (Å²) in [6.45, 7) is 3.72. The summed E-state index contributed by atoms with van der Waals surface area (Å²) in [6.07, 6.45) is 0.797. The van der Waals surface area contributed by atoms with Gasteiger partial charge in [0.05, 0.1) is 18.6 Å². The molecule has 2 aliphatic rings. The van der Waals surface area contributed by atoms with Gasteiger partial charge in [0.15, 0.2) is 0 Å². The van der Waals surface area contributed by atoms with Gasteiger partial charge in [0, 0.05) is 37.9 Å². The predicted molar refractivity (Wildman–Crippen MR) is 118 cm³/mol. The second kappa shape index (κ2) is 9.82. The smallest absolute Gasteiger partial charge is 0.290 e. The molecule has 0 saturated carbocycles. The van der Waals surface area contributed by atoms with Crippen molar-refractivity contribution < 1.29 is 24.5 Å². The molecule has 1 aromatic heterocycles. The number of nitrogens with zero attached hydrogens (tertiary/aromatic N) is 4. The zero-order valence-corrected chi connectivity index (χ0v) is 18.3. The predicted octanol–water partition coefficient (Wildman–Crippen LogP) is 0.719. The Hall–Kier alpha value is -3.40. The molecule has 1 atom stereocenters. The monoisotopic (exact) mass is 443 g/mol. The van der Waals surface area contributed by atoms with Crippen LogP contribution in [0.4, 0.5) is 11.8 Å². The lowest BCUT2D eigenvalue weighted by Gasteiger charge is -2.51. The summed E-state index contributed by atoms with van der Waals surface area (Å²) >= 11 is 0. The molecule has 172 valence electrons. The van der Waals surface area contributed by atoms with Crippen molar-refractivity contribution >= 4 is 24.1 Å². The van der Waals surface area contributed by atoms with Crippen molar-refractivity contribution in [2.45, 2.75) is 25.9 Å². The van der Waals surface area contributed by atoms with E-state index in [0.717, 1.165) is 22.8 Å². The molecule has 10 nitrogen and oxygen atoms in total. The molecule has 1 aromatic carbocycles. The van der Waals surface area contributed by atoms with Gasteiger partial charge in [-0.25, -0.2) is 4.98 Å². The van der Waals surface area contributed by atoms with Gasteiger partial charge in [0.25, 0.3) is 6.47 Å². The molecule has 3 heterocycles. The fraction of sp³-hybridized carbons (Fsp3) is 0.455. The number of aryl methyl sites for hydroxylation is 1. The number of carbonyl (C=O) groups excluding carboxylic acids is 1. The Labute approximate surface area is 186 Å². The molecule has 0 aliphatic carbocycles. The molecule has 0 bridgehead atoms. The molecule has 2 aromatic rings. The number of amides is 1. The van der Waals surface area contributed by atoms with E-state index in [0.29, 0.717) is 39.0 Å². The molecule has 2 aliphatic heterocycles. The Morgan fingerprint density at radius 1 is 1.34 bits per heavy atom. The molecule has 2 saturated heterocycles. The summed E-state index contributed by atoms with van der Waals surface area (Å²) in [5, 5.41) is 16.8. The first kappa shape index (κ1) is 23.3. The highest BCUT2D eigenvalue weighted by atomic mass is 16.5. The zero-order chi connectivity index (χ0) is 23.3. The van der Waals surface area contributed by atoms with Gasteiger partial charge in [0.2, 0.25) is 11.9 Å². The van der Waals surface area contributed by atoms with E-state index >= 15 is 0 Å². The number of benzene rings is 1. The standard InChI is InChI=1S/C21H27N5O3.CH2O2/c1-14-8-18(24-20(22)23-14)26-12-21(13-26,19(28)25-7-6-16(27)11-25)10-15-4-3-5-17(9-15)29-2;2-1-3/h3-5,8-9,16,27H,6-7,10-13H2,1-2H3,(H2,22,23,24);1H,(H,2,3)/t16-;/m1./s1. The molecule has 32 heavy (non-hydrogen) atoms. The first-order valence-corrected chi connectivity index (χ1v) is 10.3. The number of rotatable bonds is 5. The van der Waals surface area contributed by atoms with Crippen LogP contribution in [-0.4, -0.2) is 76.9 Å². The number of aliphatic hydroxyl groups excluding tert-OH is 1. The Bertz CT molecular complexity index is 943. The van der Waals surface area contributed by atoms with Crippen LogP contribution >= 0.6 is 0 Å². The lowest BCUT2D eigenvalue weighted by molar-refractivity contribution is -0.143. The molecule has 1 amide bonds. The summed E-state index contributed by atoms with van der Waals surface area (Å²) in [6, 6.07) is 9.72. The number of aromatic nitrogens is 2. The molecule has 4 rings (SSSR count). The Balaban J connectivity index is 0.000000913. The third-order valence-electron chi connectivity index (χ3n) is 5.75. The van der Waals surface area contributed by atoms with Gasteiger partial charge in [-0.2, -0.15) is 4.98 Å². The van der Waals surface area contributed by atoms with Crippen LogP contribution in [0.1, 0.15) is 17.7 Å². The van der Waals surface area contributed by atoms with Crippen molar-refractivity contribution in [2.24, 2.45) is 5.41 Å². The maximum Gasteiger partial charge on any atom is 0.290 e. The maximum atomic E-state index is 13.5. The van der Waals surface area contributed by atoms with Gasteiger partial charge < -0.3 is 30.5 Å². The summed E-state index contributed by atoms with van der Waals surface area (Å²) in [5.74, 6) is 1.84. The number of ether oxygens (including phenoxy) is 1. The lowest BCUT2D eigenvalue weighted by atomic mass is 9.73. The quantitative estimate of drug-likeness (QED) is 0.570. The van der Waals surface area contributed by atoms with E-state index in [9.17, 15) is 9.90 Å². The summed E-state index contributed by atoms with van der Waals surface area (Å²) in [7, 11) is 1.64. The van der Waals surface area contributed by atoms with Gasteiger partial charge in [-0.3, -0.25) is 9.59 Å². The van der Waals surface area contributed by atoms with Crippen molar-refractivity contribution in [1.29, 1.82) is 0 Å². The summed E-state index contributed by atoms with van der Waals surface area (Å²) < 4.78 is 5.34. The fourth-order valence-electron chi connectivity index (χ4n) is 4.34. The number of nitrogen functional groups attached to an aromatic ring is 1. The van der Waals surface area contributed by atoms with Gasteiger partial charge in [-0.15, -0.1) is 0 Å². The SMILES string of the molecule is COc1cccc(CC2(C(=O)N3CC[C@@H](O)C3)CN(c3cc(C)nc(N)n3)C2)c1.O=CO. The van der Waals surface area contributed by atoms with Crippen LogP contribution in [0.3, 0.4) is 0 Å². The van der Waals surface area contributed by atoms with Crippen LogP contribution in [0.25, 0.3) is 0 Å². The molecule has 0 spiro atoms. The van der Waals surface area contributed by atoms with E-state index in [2.05, 4.69) is 14.9 Å². The number of likely N-dealkylation sites (tertiary alicyclic amines) is 1. The Morgan fingerprint density at radius 3 is 2.66 bits per heavy atom. The van der Waals surface area contributed by atoms with Crippen molar-refractivity contribution in [2.75, 3.05) is 43.9 Å². The average molecular weight is 444 g/mol. The Morgan fingerprint density at radius 2 is 2.06 bits per heavy atom. The van der Waals surface area contributed by atoms with E-state index in [4.69, 9.17) is 20.4 Å². The number of anilines is 2. The van der Waals surface area contributed by atoms with Crippen molar-refractivity contribution in [3.05, 3.63) is 41.6 Å². The number of hydrogen-bond acceptors (Lipinski definition) is 8. The van der Waals surface area contributed by atoms with Gasteiger partial charge in [-0.05, 0) is 37.5 Å². The van der Waals surface area contributed by atoms with E-state index in [1.54, 1.807) is 12.0 Å². The number of methoxy groups -OCH3 is 1. The molecule has 10 heteroatoms. The van der Waals surface area contributed by atoms with E-state index < -0.39 is 11.5 Å². The van der Waals surface area contributed by atoms with Crippen molar-refractivity contribution in [3.8, 4) is 5.75 Å². The van der Waals surface area contributed by atoms with Gasteiger partial charge in [0.1, 0.15) is 11.6 Å². The summed E-state index contributed by atoms with van der Waals surface area (Å²) in [5.41, 5.74) is 7.09. The highest BCUT2D eigenvalue weighted by molar-refractivity contribution is 5.87. The second-order valence-corrected chi connectivity index (χ2v) is 8.19. The van der Waals surface area contributed by atoms with Crippen molar-refractivity contribution in [3.63, 3.8) is 0 Å². The number of nitrogens with two attached hydrogens (primary N) is 1. The minimum atomic E-state index is -0.565. The fourth-order valence-corrected chi connectivity index (χ4v) is 4.34. The number of carbonyl (C=O) groups is 2. The van der Waals surface area contributed by atoms with Crippen LogP contribution in [0.2, 0.25) is 0 Å². The Kier molecular flexibility index (Phi) is 7.14. The summed E-state index contributed by atoms with van der Waals surface area (Å²) in [4.78, 5) is 34.1. The third-order valence-corrected chi connectivity index (χ3v) is 5.75. The second-order valence-electron chi connectivity index (χ2n) is 8.19. The normalized spacial score (nSPS) is 18.9. The first-order chi connectivity index (χ1) is 15.3. The molecule has 4 N–H and O–H groups in total. The molecule has 0 radical (unpaired) electrons. The number of carboxylic acid groups (broad SMARTS) is 1. The topological polar surface area (TPSA) is 142 Å². The van der Waals surface area contributed by atoms with E-state index in [-0.39, 0.29) is 18.3 Å². The first-order valence-electron chi connectivity index (χ1n) is 10.3. The minimum absolute atomic E-state index is 0.0897. The highest BCUT2D eigenvalue weighted by Crippen LogP contribution is 2.40. The number of β-amino-alcohol motifs (C(OH)–C–C–N with tert-alkyl or cyclic N) is 1.